The van der Waals surface area contributed by atoms with Crippen molar-refractivity contribution in [2.45, 2.75) is 12.8 Å². The van der Waals surface area contributed by atoms with Gasteiger partial charge in [-0.3, -0.25) is 20.2 Å². The molecular formula is C10H10N6O4+2. The number of hydrogen-bond acceptors (Lipinski definition) is 6. The number of hydrogen-bond donors (Lipinski definition) is 2. The quantitative estimate of drug-likeness (QED) is 0.445. The molecular weight excluding hydrogens is 268 g/mol. The van der Waals surface area contributed by atoms with Gasteiger partial charge in [0.25, 0.3) is 0 Å². The van der Waals surface area contributed by atoms with Gasteiger partial charge in [-0.05, 0) is 0 Å². The molecule has 0 fully saturated rings. The highest BCUT2D eigenvalue weighted by Crippen LogP contribution is 2.63. The van der Waals surface area contributed by atoms with E-state index in [0.29, 0.717) is 0 Å². The van der Waals surface area contributed by atoms with Crippen LogP contribution >= 0.6 is 0 Å². The van der Waals surface area contributed by atoms with Crippen molar-refractivity contribution in [2.24, 2.45) is 10.8 Å². The molecule has 0 bridgehead atoms. The molecule has 0 unspecified atom stereocenters. The van der Waals surface area contributed by atoms with Gasteiger partial charge in [0.05, 0.1) is 34.8 Å². The molecule has 0 amide bonds. The van der Waals surface area contributed by atoms with Crippen LogP contribution in [-0.2, 0) is 0 Å². The molecule has 2 aliphatic carbocycles. The predicted molar refractivity (Wildman–Crippen MR) is 59.1 cm³/mol. The molecule has 10 heteroatoms. The van der Waals surface area contributed by atoms with E-state index in [4.69, 9.17) is 0 Å². The van der Waals surface area contributed by atoms with Crippen LogP contribution in [0.15, 0.2) is 22.8 Å². The minimum atomic E-state index is -1.68. The lowest BCUT2D eigenvalue weighted by atomic mass is 9.67. The Morgan fingerprint density at radius 1 is 0.950 bits per heavy atom. The fourth-order valence-corrected chi connectivity index (χ4v) is 2.99. The van der Waals surface area contributed by atoms with E-state index in [1.54, 1.807) is 0 Å². The summed E-state index contributed by atoms with van der Waals surface area (Å²) in [7, 11) is 0. The van der Waals surface area contributed by atoms with E-state index < -0.39 is 20.7 Å². The van der Waals surface area contributed by atoms with Gasteiger partial charge < -0.3 is 11.5 Å². The molecule has 0 aromatic rings. The molecule has 0 spiro atoms. The molecule has 0 radical (unpaired) electrons. The standard InChI is InChI=1S/C10H8N6O4/c11-3-9-1-5(15(17)18)7(13)10(9,4-12)2-6(8(9)14)16(19)20/h1-2,13-14H2/p+2/t9-,10-/m1/s1. The highest BCUT2D eigenvalue weighted by atomic mass is 16.6. The highest BCUT2D eigenvalue weighted by Gasteiger charge is 2.75. The molecule has 0 heterocycles. The van der Waals surface area contributed by atoms with Gasteiger partial charge in [-0.25, -0.2) is 0 Å². The van der Waals surface area contributed by atoms with E-state index >= 15 is 0 Å². The molecule has 102 valence electrons. The third kappa shape index (κ3) is 1.21. The number of nitrogens with zero attached hydrogens (tertiary/aromatic N) is 4. The van der Waals surface area contributed by atoms with E-state index in [1.165, 1.54) is 0 Å². The van der Waals surface area contributed by atoms with Crippen molar-refractivity contribution in [1.29, 1.82) is 10.5 Å². The Morgan fingerprint density at radius 2 is 1.25 bits per heavy atom. The first-order valence-electron chi connectivity index (χ1n) is 5.50. The van der Waals surface area contributed by atoms with Crippen LogP contribution in [0.5, 0.6) is 0 Å². The lowest BCUT2D eigenvalue weighted by Crippen LogP contribution is -2.61. The second kappa shape index (κ2) is 3.84. The van der Waals surface area contributed by atoms with E-state index in [-0.39, 0.29) is 35.6 Å². The summed E-state index contributed by atoms with van der Waals surface area (Å²) in [5.41, 5.74) is 2.77. The molecule has 2 aliphatic rings. The second-order valence-electron chi connectivity index (χ2n) is 4.75. The van der Waals surface area contributed by atoms with Crippen molar-refractivity contribution in [3.63, 3.8) is 0 Å². The summed E-state index contributed by atoms with van der Waals surface area (Å²) in [6.45, 7) is 0. The average molecular weight is 278 g/mol. The largest absolute Gasteiger partial charge is 0.322 e. The van der Waals surface area contributed by atoms with Gasteiger partial charge in [0.15, 0.2) is 10.8 Å². The normalized spacial score (nSPS) is 31.8. The molecule has 2 atom stereocenters. The third-order valence-corrected chi connectivity index (χ3v) is 4.14. The van der Waals surface area contributed by atoms with Crippen molar-refractivity contribution in [3.8, 4) is 12.1 Å². The molecule has 2 rings (SSSR count). The topological polar surface area (TPSA) is 189 Å². The zero-order valence-corrected chi connectivity index (χ0v) is 10.3. The van der Waals surface area contributed by atoms with Gasteiger partial charge >= 0.3 is 11.4 Å². The summed E-state index contributed by atoms with van der Waals surface area (Å²) in [5, 5.41) is 40.9. The number of quaternary nitrogens is 2. The summed E-state index contributed by atoms with van der Waals surface area (Å²) < 4.78 is 0. The SMILES string of the molecule is N#C[C@@]12CC([N+](=O)[O-])=C([NH3+])[C@]1(C#N)CC([N+](=O)[O-])=C2[NH3+]. The van der Waals surface area contributed by atoms with Gasteiger partial charge in [-0.1, -0.05) is 0 Å². The zero-order chi connectivity index (χ0) is 15.3. The van der Waals surface area contributed by atoms with Gasteiger partial charge in [0.2, 0.25) is 11.4 Å². The maximum absolute atomic E-state index is 11.0. The smallest absolute Gasteiger partial charge is 0.305 e. The predicted octanol–water partition coefficient (Wildman–Crippen LogP) is -1.73. The number of rotatable bonds is 2. The van der Waals surface area contributed by atoms with E-state index in [1.807, 2.05) is 12.1 Å². The second-order valence-corrected chi connectivity index (χ2v) is 4.75. The van der Waals surface area contributed by atoms with Crippen LogP contribution in [0.2, 0.25) is 0 Å². The van der Waals surface area contributed by atoms with Crippen molar-refractivity contribution in [3.05, 3.63) is 43.0 Å². The van der Waals surface area contributed by atoms with E-state index in [9.17, 15) is 30.8 Å². The molecule has 6 N–H and O–H groups in total. The number of allylic oxidation sites excluding steroid dienone is 4. The summed E-state index contributed by atoms with van der Waals surface area (Å²) in [6, 6.07) is 3.70. The van der Waals surface area contributed by atoms with Crippen molar-refractivity contribution in [1.82, 2.24) is 0 Å². The Balaban J connectivity index is 2.76. The van der Waals surface area contributed by atoms with Gasteiger partial charge in [-0.15, -0.1) is 0 Å². The Bertz CT molecular complexity index is 636. The fraction of sp³-hybridized carbons (Fsp3) is 0.400. The van der Waals surface area contributed by atoms with Crippen molar-refractivity contribution < 1.29 is 21.3 Å². The average Bonchev–Trinajstić information content (AvgIpc) is 2.80. The molecule has 0 aromatic carbocycles. The Hall–Kier alpha value is -2.82. The molecule has 0 saturated heterocycles. The summed E-state index contributed by atoms with van der Waals surface area (Å²) in [6.07, 6.45) is -0.780. The fourth-order valence-electron chi connectivity index (χ4n) is 2.99. The van der Waals surface area contributed by atoms with Crippen LogP contribution < -0.4 is 11.5 Å². The molecule has 0 aliphatic heterocycles. The summed E-state index contributed by atoms with van der Waals surface area (Å²) in [4.78, 5) is 20.6. The minimum absolute atomic E-state index is 0.135. The van der Waals surface area contributed by atoms with Gasteiger partial charge in [-0.2, -0.15) is 10.5 Å². The number of fused-ring (bicyclic) bond motifs is 1. The molecule has 0 saturated carbocycles. The maximum atomic E-state index is 11.0. The van der Waals surface area contributed by atoms with Crippen LogP contribution in [0, 0.1) is 53.7 Å². The van der Waals surface area contributed by atoms with Gasteiger partial charge in [0, 0.05) is 0 Å². The first kappa shape index (κ1) is 13.6. The van der Waals surface area contributed by atoms with Crippen LogP contribution in [0.1, 0.15) is 12.8 Å². The van der Waals surface area contributed by atoms with Crippen LogP contribution in [-0.4, -0.2) is 9.85 Å². The van der Waals surface area contributed by atoms with Crippen molar-refractivity contribution in [2.75, 3.05) is 0 Å². The summed E-state index contributed by atoms with van der Waals surface area (Å²) in [5.74, 6) is 0. The molecule has 0 aromatic heterocycles. The lowest BCUT2D eigenvalue weighted by Gasteiger charge is -2.24. The summed E-state index contributed by atoms with van der Waals surface area (Å²) >= 11 is 0. The number of nitriles is 2. The minimum Gasteiger partial charge on any atom is -0.322 e. The maximum Gasteiger partial charge on any atom is 0.305 e. The monoisotopic (exact) mass is 278 g/mol. The third-order valence-electron chi connectivity index (χ3n) is 4.14. The Kier molecular flexibility index (Phi) is 2.61. The Morgan fingerprint density at radius 3 is 1.45 bits per heavy atom. The van der Waals surface area contributed by atoms with Crippen LogP contribution in [0.25, 0.3) is 0 Å². The first-order chi connectivity index (χ1) is 9.27. The molecule has 20 heavy (non-hydrogen) atoms. The van der Waals surface area contributed by atoms with Crippen LogP contribution in [0.3, 0.4) is 0 Å². The highest BCUT2D eigenvalue weighted by molar-refractivity contribution is 5.48. The van der Waals surface area contributed by atoms with Crippen molar-refractivity contribution >= 4 is 0 Å². The van der Waals surface area contributed by atoms with E-state index in [2.05, 4.69) is 11.5 Å². The number of nitro groups is 2. The lowest BCUT2D eigenvalue weighted by molar-refractivity contribution is -0.451. The first-order valence-corrected chi connectivity index (χ1v) is 5.50. The van der Waals surface area contributed by atoms with E-state index in [0.717, 1.165) is 0 Å². The van der Waals surface area contributed by atoms with Gasteiger partial charge in [0.1, 0.15) is 0 Å². The Labute approximate surface area is 111 Å². The molecule has 10 nitrogen and oxygen atoms in total. The zero-order valence-electron chi connectivity index (χ0n) is 10.3. The van der Waals surface area contributed by atoms with Crippen LogP contribution in [0.4, 0.5) is 0 Å².